The zero-order valence-electron chi connectivity index (χ0n) is 28.8. The zero-order chi connectivity index (χ0) is 35.6. The first-order valence-corrected chi connectivity index (χ1v) is 17.5. The van der Waals surface area contributed by atoms with E-state index in [9.17, 15) is 0 Å². The van der Waals surface area contributed by atoms with Crippen molar-refractivity contribution in [3.63, 3.8) is 0 Å². The highest BCUT2D eigenvalue weighted by atomic mass is 79.9. The van der Waals surface area contributed by atoms with Crippen LogP contribution in [0, 0.1) is 0 Å². The first kappa shape index (κ1) is 34.3. The highest BCUT2D eigenvalue weighted by Crippen LogP contribution is 2.32. The number of halogens is 1. The van der Waals surface area contributed by atoms with Crippen LogP contribution in [-0.4, -0.2) is 112 Å². The van der Waals surface area contributed by atoms with Crippen LogP contribution in [0.2, 0.25) is 0 Å². The summed E-state index contributed by atoms with van der Waals surface area (Å²) in [5.41, 5.74) is 17.2. The van der Waals surface area contributed by atoms with E-state index in [0.29, 0.717) is 60.0 Å². The number of hydrogen-bond donors (Lipinski definition) is 2. The van der Waals surface area contributed by atoms with Crippen LogP contribution in [0.4, 0.5) is 23.8 Å². The first-order chi connectivity index (χ1) is 24.7. The summed E-state index contributed by atoms with van der Waals surface area (Å²) in [6, 6.07) is 0.435. The van der Waals surface area contributed by atoms with Gasteiger partial charge in [0.1, 0.15) is 22.4 Å². The molecule has 6 aromatic rings. The lowest BCUT2D eigenvalue weighted by Crippen LogP contribution is -2.37. The molecule has 51 heavy (non-hydrogen) atoms. The van der Waals surface area contributed by atoms with Crippen LogP contribution in [0.15, 0.2) is 35.8 Å². The van der Waals surface area contributed by atoms with Crippen LogP contribution in [0.25, 0.3) is 44.8 Å². The molecular weight excluding hydrogens is 720 g/mol. The van der Waals surface area contributed by atoms with Gasteiger partial charge in [0, 0.05) is 74.2 Å². The van der Waals surface area contributed by atoms with Crippen LogP contribution in [-0.2, 0) is 9.47 Å². The van der Waals surface area contributed by atoms with Crippen molar-refractivity contribution >= 4 is 62.1 Å². The van der Waals surface area contributed by atoms with Crippen molar-refractivity contribution in [1.82, 2.24) is 59.0 Å². The Hall–Kier alpha value is -5.14. The normalized spacial score (nSPS) is 15.2. The molecule has 2 aliphatic heterocycles. The zero-order valence-corrected chi connectivity index (χ0v) is 30.4. The minimum Gasteiger partial charge on any atom is -0.378 e. The Morgan fingerprint density at radius 2 is 1.08 bits per heavy atom. The number of ether oxygens (including phenoxy) is 2. The van der Waals surface area contributed by atoms with Crippen LogP contribution in [0.3, 0.4) is 0 Å². The van der Waals surface area contributed by atoms with Crippen LogP contribution in [0.5, 0.6) is 0 Å². The van der Waals surface area contributed by atoms with E-state index in [1.54, 1.807) is 31.1 Å². The second kappa shape index (κ2) is 14.6. The van der Waals surface area contributed by atoms with Crippen LogP contribution >= 0.6 is 15.9 Å². The van der Waals surface area contributed by atoms with Gasteiger partial charge in [-0.25, -0.2) is 39.9 Å². The maximum Gasteiger partial charge on any atom is 0.228 e. The van der Waals surface area contributed by atoms with Gasteiger partial charge in [0.2, 0.25) is 23.8 Å². The summed E-state index contributed by atoms with van der Waals surface area (Å²) in [7, 11) is 0. The molecule has 8 heterocycles. The van der Waals surface area contributed by atoms with Gasteiger partial charge in [0.15, 0.2) is 16.0 Å². The minimum atomic E-state index is 0.192. The lowest BCUT2D eigenvalue weighted by atomic mass is 10.2. The van der Waals surface area contributed by atoms with Gasteiger partial charge in [-0.1, -0.05) is 0 Å². The van der Waals surface area contributed by atoms with Crippen LogP contribution in [0.1, 0.15) is 39.8 Å². The maximum absolute atomic E-state index is 5.63. The van der Waals surface area contributed by atoms with E-state index in [-0.39, 0.29) is 24.0 Å². The Morgan fingerprint density at radius 1 is 0.608 bits per heavy atom. The lowest BCUT2D eigenvalue weighted by Gasteiger charge is -2.27. The Balaban J connectivity index is 0.000000159. The summed E-state index contributed by atoms with van der Waals surface area (Å²) >= 11 is 3.55. The number of fused-ring (bicyclic) bond motifs is 2. The number of nitrogens with two attached hydrogens (primary N) is 2. The second-order valence-electron chi connectivity index (χ2n) is 12.5. The smallest absolute Gasteiger partial charge is 0.228 e. The molecule has 19 heteroatoms. The number of imidazole rings is 2. The van der Waals surface area contributed by atoms with Crippen molar-refractivity contribution in [3.05, 3.63) is 35.8 Å². The van der Waals surface area contributed by atoms with E-state index in [0.717, 1.165) is 54.1 Å². The summed E-state index contributed by atoms with van der Waals surface area (Å²) < 4.78 is 15.7. The summed E-state index contributed by atoms with van der Waals surface area (Å²) in [5, 5.41) is 0. The molecular formula is C32H39BrN16O2. The molecule has 18 nitrogen and oxygen atoms in total. The van der Waals surface area contributed by atoms with Crippen molar-refractivity contribution in [2.75, 3.05) is 73.9 Å². The Labute approximate surface area is 301 Å². The molecule has 0 amide bonds. The molecule has 2 fully saturated rings. The van der Waals surface area contributed by atoms with Crippen LogP contribution < -0.4 is 21.3 Å². The summed E-state index contributed by atoms with van der Waals surface area (Å²) in [5.74, 6) is 1.78. The third-order valence-corrected chi connectivity index (χ3v) is 9.00. The molecule has 0 spiro atoms. The van der Waals surface area contributed by atoms with E-state index in [1.807, 2.05) is 9.13 Å². The monoisotopic (exact) mass is 758 g/mol. The fourth-order valence-electron chi connectivity index (χ4n) is 5.81. The van der Waals surface area contributed by atoms with Gasteiger partial charge in [0.25, 0.3) is 0 Å². The lowest BCUT2D eigenvalue weighted by molar-refractivity contribution is 0.122. The molecule has 0 atom stereocenters. The second-order valence-corrected chi connectivity index (χ2v) is 13.2. The molecule has 0 aromatic carbocycles. The SMILES string of the molecule is CC(C)n1c(Br)nc2c(-c3cnc(N)nc3)nc(N3CCOCC3)nc21.CC(C)n1cnc2c(-c3cnc(N)nc3)nc(N3CCOCC3)nc21. The van der Waals surface area contributed by atoms with E-state index < -0.39 is 0 Å². The first-order valence-electron chi connectivity index (χ1n) is 16.7. The number of hydrogen-bond acceptors (Lipinski definition) is 16. The number of anilines is 4. The largest absolute Gasteiger partial charge is 0.378 e. The third-order valence-electron chi connectivity index (χ3n) is 8.45. The Kier molecular flexibility index (Phi) is 9.83. The van der Waals surface area contributed by atoms with Gasteiger partial charge in [-0.3, -0.25) is 0 Å². The van der Waals surface area contributed by atoms with Gasteiger partial charge >= 0.3 is 0 Å². The molecule has 2 aliphatic rings. The number of aromatic nitrogens is 12. The van der Waals surface area contributed by atoms with E-state index in [1.165, 1.54) is 0 Å². The van der Waals surface area contributed by atoms with Crippen molar-refractivity contribution in [2.24, 2.45) is 0 Å². The Bertz CT molecular complexity index is 2120. The van der Waals surface area contributed by atoms with Crippen molar-refractivity contribution in [2.45, 2.75) is 39.8 Å². The van der Waals surface area contributed by atoms with Gasteiger partial charge < -0.3 is 39.9 Å². The standard InChI is InChI=1S/C16H19BrN8O.C16H20N8O/c1-9(2)25-13-12(21-14(25)17)11(10-7-19-15(18)20-8-10)22-16(23-13)24-3-5-26-6-4-24;1-10(2)24-9-20-13-12(11-7-18-15(17)19-8-11)21-16(22-14(13)24)23-3-5-25-6-4-23/h7-9H,3-6H2,1-2H3,(H2,18,19,20);7-10H,3-6H2,1-2H3,(H2,17,18,19). The number of nitrogens with zero attached hydrogens (tertiary/aromatic N) is 14. The molecule has 266 valence electrons. The van der Waals surface area contributed by atoms with E-state index in [4.69, 9.17) is 40.9 Å². The van der Waals surface area contributed by atoms with Gasteiger partial charge in [-0.2, -0.15) is 9.97 Å². The number of nitrogen functional groups attached to an aromatic ring is 2. The van der Waals surface area contributed by atoms with Gasteiger partial charge in [-0.15, -0.1) is 0 Å². The van der Waals surface area contributed by atoms with E-state index in [2.05, 4.69) is 83.3 Å². The van der Waals surface area contributed by atoms with E-state index >= 15 is 0 Å². The summed E-state index contributed by atoms with van der Waals surface area (Å²) in [4.78, 5) is 48.9. The molecule has 8 rings (SSSR count). The fraction of sp³-hybridized carbons (Fsp3) is 0.438. The molecule has 0 aliphatic carbocycles. The summed E-state index contributed by atoms with van der Waals surface area (Å²) in [6.07, 6.45) is 8.46. The van der Waals surface area contributed by atoms with Gasteiger partial charge in [-0.05, 0) is 43.6 Å². The van der Waals surface area contributed by atoms with Crippen molar-refractivity contribution in [3.8, 4) is 22.5 Å². The fourth-order valence-corrected chi connectivity index (χ4v) is 6.56. The highest BCUT2D eigenvalue weighted by molar-refractivity contribution is 9.10. The highest BCUT2D eigenvalue weighted by Gasteiger charge is 2.24. The van der Waals surface area contributed by atoms with Gasteiger partial charge in [0.05, 0.1) is 32.8 Å². The average molecular weight is 760 g/mol. The minimum absolute atomic E-state index is 0.192. The molecule has 0 bridgehead atoms. The quantitative estimate of drug-likeness (QED) is 0.233. The predicted octanol–water partition coefficient (Wildman–Crippen LogP) is 3.33. The maximum atomic E-state index is 5.63. The summed E-state index contributed by atoms with van der Waals surface area (Å²) in [6.45, 7) is 14.1. The molecule has 6 aromatic heterocycles. The van der Waals surface area contributed by atoms with Crippen molar-refractivity contribution < 1.29 is 9.47 Å². The molecule has 0 saturated carbocycles. The third kappa shape index (κ3) is 7.08. The topological polar surface area (TPSA) is 216 Å². The number of rotatable bonds is 6. The molecule has 0 radical (unpaired) electrons. The molecule has 4 N–H and O–H groups in total. The van der Waals surface area contributed by atoms with Crippen molar-refractivity contribution in [1.29, 1.82) is 0 Å². The molecule has 0 unspecified atom stereocenters. The number of morpholine rings is 2. The average Bonchev–Trinajstić information content (AvgIpc) is 3.73. The molecule has 2 saturated heterocycles. The Morgan fingerprint density at radius 3 is 1.55 bits per heavy atom. The predicted molar refractivity (Wildman–Crippen MR) is 196 cm³/mol.